The summed E-state index contributed by atoms with van der Waals surface area (Å²) in [5.74, 6) is 0.254. The SMILES string of the molecule is CS(=O)(=O)NCCCNC1CC(=O)N2CCCC12. The number of carbonyl (C=O) groups excluding carboxylic acids is 1. The molecule has 0 aromatic heterocycles. The monoisotopic (exact) mass is 275 g/mol. The van der Waals surface area contributed by atoms with Crippen LogP contribution in [0.2, 0.25) is 0 Å². The van der Waals surface area contributed by atoms with E-state index in [9.17, 15) is 13.2 Å². The minimum absolute atomic E-state index is 0.248. The molecule has 104 valence electrons. The third-order valence-corrected chi connectivity index (χ3v) is 4.33. The van der Waals surface area contributed by atoms with E-state index in [2.05, 4.69) is 10.0 Å². The smallest absolute Gasteiger partial charge is 0.224 e. The first kappa shape index (κ1) is 13.8. The Labute approximate surface area is 108 Å². The zero-order valence-corrected chi connectivity index (χ0v) is 11.5. The van der Waals surface area contributed by atoms with Crippen molar-refractivity contribution in [3.8, 4) is 0 Å². The van der Waals surface area contributed by atoms with Gasteiger partial charge in [0.25, 0.3) is 0 Å². The molecule has 2 saturated heterocycles. The molecule has 2 N–H and O–H groups in total. The molecular formula is C11H21N3O3S. The van der Waals surface area contributed by atoms with Gasteiger partial charge in [0.2, 0.25) is 15.9 Å². The Morgan fingerprint density at radius 3 is 2.89 bits per heavy atom. The number of nitrogens with zero attached hydrogens (tertiary/aromatic N) is 1. The summed E-state index contributed by atoms with van der Waals surface area (Å²) in [6.07, 6.45) is 4.68. The van der Waals surface area contributed by atoms with Crippen molar-refractivity contribution in [2.75, 3.05) is 25.9 Å². The van der Waals surface area contributed by atoms with E-state index in [1.54, 1.807) is 0 Å². The highest BCUT2D eigenvalue weighted by Crippen LogP contribution is 2.28. The van der Waals surface area contributed by atoms with Gasteiger partial charge in [-0.05, 0) is 25.8 Å². The number of carbonyl (C=O) groups is 1. The van der Waals surface area contributed by atoms with Crippen molar-refractivity contribution in [3.63, 3.8) is 0 Å². The van der Waals surface area contributed by atoms with E-state index in [1.165, 1.54) is 0 Å². The number of hydrogen-bond acceptors (Lipinski definition) is 4. The van der Waals surface area contributed by atoms with Gasteiger partial charge in [0.1, 0.15) is 0 Å². The van der Waals surface area contributed by atoms with E-state index in [1.807, 2.05) is 4.90 Å². The first-order chi connectivity index (χ1) is 8.47. The van der Waals surface area contributed by atoms with Crippen molar-refractivity contribution in [2.45, 2.75) is 37.8 Å². The molecule has 6 nitrogen and oxygen atoms in total. The second-order valence-electron chi connectivity index (χ2n) is 5.08. The van der Waals surface area contributed by atoms with E-state index in [-0.39, 0.29) is 11.9 Å². The maximum Gasteiger partial charge on any atom is 0.224 e. The van der Waals surface area contributed by atoms with Crippen molar-refractivity contribution >= 4 is 15.9 Å². The molecule has 7 heteroatoms. The number of sulfonamides is 1. The van der Waals surface area contributed by atoms with Gasteiger partial charge in [0, 0.05) is 31.6 Å². The average molecular weight is 275 g/mol. The summed E-state index contributed by atoms with van der Waals surface area (Å²) in [5.41, 5.74) is 0. The van der Waals surface area contributed by atoms with Gasteiger partial charge >= 0.3 is 0 Å². The van der Waals surface area contributed by atoms with Crippen LogP contribution in [0, 0.1) is 0 Å². The van der Waals surface area contributed by atoms with Crippen LogP contribution in [0.4, 0.5) is 0 Å². The molecule has 18 heavy (non-hydrogen) atoms. The summed E-state index contributed by atoms with van der Waals surface area (Å²) in [5, 5.41) is 3.37. The van der Waals surface area contributed by atoms with Crippen LogP contribution in [0.3, 0.4) is 0 Å². The lowest BCUT2D eigenvalue weighted by Crippen LogP contribution is -2.40. The van der Waals surface area contributed by atoms with Gasteiger partial charge in [0.05, 0.1) is 6.26 Å². The van der Waals surface area contributed by atoms with Gasteiger partial charge in [-0.1, -0.05) is 0 Å². The molecule has 0 spiro atoms. The van der Waals surface area contributed by atoms with E-state index in [4.69, 9.17) is 0 Å². The Kier molecular flexibility index (Phi) is 4.24. The predicted molar refractivity (Wildman–Crippen MR) is 68.6 cm³/mol. The summed E-state index contributed by atoms with van der Waals surface area (Å²) in [6, 6.07) is 0.610. The summed E-state index contributed by atoms with van der Waals surface area (Å²) in [7, 11) is -3.09. The van der Waals surface area contributed by atoms with Crippen LogP contribution in [0.15, 0.2) is 0 Å². The summed E-state index contributed by atoms with van der Waals surface area (Å²) >= 11 is 0. The number of amides is 1. The molecule has 2 unspecified atom stereocenters. The lowest BCUT2D eigenvalue weighted by molar-refractivity contribution is -0.127. The van der Waals surface area contributed by atoms with Gasteiger partial charge in [-0.25, -0.2) is 13.1 Å². The standard InChI is InChI=1S/C11H21N3O3S/c1-18(16,17)13-6-3-5-12-9-8-11(15)14-7-2-4-10(9)14/h9-10,12-13H,2-8H2,1H3. The van der Waals surface area contributed by atoms with Gasteiger partial charge in [-0.3, -0.25) is 4.79 Å². The molecule has 2 aliphatic heterocycles. The van der Waals surface area contributed by atoms with Crippen LogP contribution in [-0.4, -0.2) is 57.2 Å². The van der Waals surface area contributed by atoms with Crippen molar-refractivity contribution in [2.24, 2.45) is 0 Å². The van der Waals surface area contributed by atoms with E-state index in [0.717, 1.165) is 38.6 Å². The quantitative estimate of drug-likeness (QED) is 0.627. The molecular weight excluding hydrogens is 254 g/mol. The molecule has 0 radical (unpaired) electrons. The fourth-order valence-corrected chi connectivity index (χ4v) is 3.32. The van der Waals surface area contributed by atoms with Crippen LogP contribution in [0.1, 0.15) is 25.7 Å². The maximum absolute atomic E-state index is 11.7. The van der Waals surface area contributed by atoms with Crippen LogP contribution < -0.4 is 10.0 Å². The Balaban J connectivity index is 1.67. The van der Waals surface area contributed by atoms with E-state index >= 15 is 0 Å². The molecule has 2 fully saturated rings. The lowest BCUT2D eigenvalue weighted by Gasteiger charge is -2.20. The van der Waals surface area contributed by atoms with Gasteiger partial charge in [0.15, 0.2) is 0 Å². The van der Waals surface area contributed by atoms with Crippen molar-refractivity contribution in [3.05, 3.63) is 0 Å². The zero-order valence-electron chi connectivity index (χ0n) is 10.7. The first-order valence-corrected chi connectivity index (χ1v) is 8.34. The fourth-order valence-electron chi connectivity index (χ4n) is 2.80. The third-order valence-electron chi connectivity index (χ3n) is 3.60. The maximum atomic E-state index is 11.7. The Morgan fingerprint density at radius 1 is 1.39 bits per heavy atom. The van der Waals surface area contributed by atoms with Crippen molar-refractivity contribution in [1.82, 2.24) is 14.9 Å². The topological polar surface area (TPSA) is 78.5 Å². The van der Waals surface area contributed by atoms with Gasteiger partial charge in [-0.15, -0.1) is 0 Å². The van der Waals surface area contributed by atoms with Crippen LogP contribution in [0.5, 0.6) is 0 Å². The summed E-state index contributed by atoms with van der Waals surface area (Å²) in [4.78, 5) is 13.7. The Hall–Kier alpha value is -0.660. The largest absolute Gasteiger partial charge is 0.338 e. The fraction of sp³-hybridized carbons (Fsp3) is 0.909. The second kappa shape index (κ2) is 5.54. The third kappa shape index (κ3) is 3.43. The minimum Gasteiger partial charge on any atom is -0.338 e. The second-order valence-corrected chi connectivity index (χ2v) is 6.91. The number of rotatable bonds is 6. The van der Waals surface area contributed by atoms with Gasteiger partial charge < -0.3 is 10.2 Å². The van der Waals surface area contributed by atoms with Crippen LogP contribution >= 0.6 is 0 Å². The van der Waals surface area contributed by atoms with Crippen molar-refractivity contribution in [1.29, 1.82) is 0 Å². The molecule has 0 aromatic carbocycles. The first-order valence-electron chi connectivity index (χ1n) is 6.45. The Morgan fingerprint density at radius 2 is 2.17 bits per heavy atom. The molecule has 0 aromatic rings. The molecule has 0 saturated carbocycles. The molecule has 2 aliphatic rings. The normalized spacial score (nSPS) is 27.8. The number of nitrogens with one attached hydrogen (secondary N) is 2. The molecule has 2 heterocycles. The zero-order chi connectivity index (χ0) is 13.2. The van der Waals surface area contributed by atoms with E-state index in [0.29, 0.717) is 19.0 Å². The number of hydrogen-bond donors (Lipinski definition) is 2. The molecule has 2 rings (SSSR count). The Bertz CT molecular complexity index is 410. The lowest BCUT2D eigenvalue weighted by atomic mass is 10.1. The van der Waals surface area contributed by atoms with Gasteiger partial charge in [-0.2, -0.15) is 0 Å². The average Bonchev–Trinajstić information content (AvgIpc) is 2.82. The molecule has 1 amide bonds. The highest BCUT2D eigenvalue weighted by atomic mass is 32.2. The number of fused-ring (bicyclic) bond motifs is 1. The van der Waals surface area contributed by atoms with Crippen LogP contribution in [-0.2, 0) is 14.8 Å². The molecule has 0 aliphatic carbocycles. The van der Waals surface area contributed by atoms with Crippen molar-refractivity contribution < 1.29 is 13.2 Å². The highest BCUT2D eigenvalue weighted by Gasteiger charge is 2.41. The molecule has 2 atom stereocenters. The minimum atomic E-state index is -3.09. The van der Waals surface area contributed by atoms with E-state index < -0.39 is 10.0 Å². The summed E-state index contributed by atoms with van der Waals surface area (Å²) in [6.45, 7) is 2.09. The predicted octanol–water partition coefficient (Wildman–Crippen LogP) is -0.721. The highest BCUT2D eigenvalue weighted by molar-refractivity contribution is 7.88. The summed E-state index contributed by atoms with van der Waals surface area (Å²) < 4.78 is 24.2. The van der Waals surface area contributed by atoms with Crippen LogP contribution in [0.25, 0.3) is 0 Å². The molecule has 0 bridgehead atoms.